The number of rotatable bonds is 5. The van der Waals surface area contributed by atoms with Gasteiger partial charge in [0.2, 0.25) is 0 Å². The van der Waals surface area contributed by atoms with Crippen molar-refractivity contribution in [3.05, 3.63) is 29.8 Å². The van der Waals surface area contributed by atoms with Crippen LogP contribution in [0.3, 0.4) is 0 Å². The molecule has 2 N–H and O–H groups in total. The number of nitrogens with zero attached hydrogens (tertiary/aromatic N) is 1. The summed E-state index contributed by atoms with van der Waals surface area (Å²) in [6.45, 7) is 6.13. The second kappa shape index (κ2) is 6.68. The third-order valence-corrected chi connectivity index (χ3v) is 2.39. The largest absolute Gasteiger partial charge is 0.376 e. The van der Waals surface area contributed by atoms with Crippen LogP contribution in [0.5, 0.6) is 0 Å². The minimum atomic E-state index is -0.140. The first-order valence-corrected chi connectivity index (χ1v) is 5.74. The van der Waals surface area contributed by atoms with Gasteiger partial charge in [-0.1, -0.05) is 24.6 Å². The molecule has 0 unspecified atom stereocenters. The van der Waals surface area contributed by atoms with E-state index in [1.807, 2.05) is 45.0 Å². The highest BCUT2D eigenvalue weighted by Gasteiger charge is 1.99. The molecule has 0 bridgehead atoms. The van der Waals surface area contributed by atoms with Crippen molar-refractivity contribution in [1.82, 2.24) is 5.43 Å². The normalized spacial score (nSPS) is 11.1. The molecule has 1 aromatic carbocycles. The minimum Gasteiger partial charge on any atom is -0.376 e. The van der Waals surface area contributed by atoms with E-state index in [1.54, 1.807) is 0 Å². The number of hydrogen-bond acceptors (Lipinski definition) is 3. The molecule has 0 heterocycles. The van der Waals surface area contributed by atoms with Crippen LogP contribution in [0, 0.1) is 6.92 Å². The highest BCUT2D eigenvalue weighted by atomic mass is 16.2. The molecule has 92 valence electrons. The maximum atomic E-state index is 11.4. The summed E-state index contributed by atoms with van der Waals surface area (Å²) >= 11 is 0. The molecule has 4 nitrogen and oxygen atoms in total. The van der Waals surface area contributed by atoms with Gasteiger partial charge in [-0.25, -0.2) is 5.43 Å². The van der Waals surface area contributed by atoms with Crippen LogP contribution in [-0.4, -0.2) is 18.2 Å². The van der Waals surface area contributed by atoms with Crippen LogP contribution in [0.25, 0.3) is 0 Å². The summed E-state index contributed by atoms with van der Waals surface area (Å²) in [6, 6.07) is 7.89. The average molecular weight is 233 g/mol. The van der Waals surface area contributed by atoms with Crippen LogP contribution >= 0.6 is 0 Å². The molecule has 0 saturated heterocycles. The Balaban J connectivity index is 2.36. The maximum Gasteiger partial charge on any atom is 0.259 e. The molecule has 0 aromatic heterocycles. The standard InChI is InChI=1S/C13H19N3O/c1-4-11(3)15-16-13(17)9-14-12-7-5-10(2)6-8-12/h5-8,14H,4,9H2,1-3H3,(H,16,17)/b15-11-. The zero-order valence-corrected chi connectivity index (χ0v) is 10.6. The van der Waals surface area contributed by atoms with E-state index in [2.05, 4.69) is 15.8 Å². The van der Waals surface area contributed by atoms with E-state index in [4.69, 9.17) is 0 Å². The minimum absolute atomic E-state index is 0.140. The molecule has 1 amide bonds. The fourth-order valence-electron chi connectivity index (χ4n) is 1.13. The van der Waals surface area contributed by atoms with Gasteiger partial charge in [0.25, 0.3) is 5.91 Å². The van der Waals surface area contributed by atoms with Gasteiger partial charge in [-0.2, -0.15) is 5.10 Å². The van der Waals surface area contributed by atoms with E-state index in [-0.39, 0.29) is 12.5 Å². The van der Waals surface area contributed by atoms with Gasteiger partial charge in [-0.15, -0.1) is 0 Å². The van der Waals surface area contributed by atoms with E-state index in [0.29, 0.717) is 0 Å². The van der Waals surface area contributed by atoms with Crippen LogP contribution in [0.1, 0.15) is 25.8 Å². The van der Waals surface area contributed by atoms with Crippen LogP contribution < -0.4 is 10.7 Å². The van der Waals surface area contributed by atoms with Crippen LogP contribution in [0.4, 0.5) is 5.69 Å². The number of benzene rings is 1. The Bertz CT molecular complexity index is 396. The first kappa shape index (κ1) is 13.2. The number of hydrogen-bond donors (Lipinski definition) is 2. The van der Waals surface area contributed by atoms with E-state index < -0.39 is 0 Å². The lowest BCUT2D eigenvalue weighted by molar-refractivity contribution is -0.119. The fourth-order valence-corrected chi connectivity index (χ4v) is 1.13. The lowest BCUT2D eigenvalue weighted by Gasteiger charge is -2.05. The predicted octanol–water partition coefficient (Wildman–Crippen LogP) is 2.31. The molecule has 0 aliphatic heterocycles. The molecule has 0 aliphatic carbocycles. The van der Waals surface area contributed by atoms with E-state index in [0.717, 1.165) is 17.8 Å². The van der Waals surface area contributed by atoms with Gasteiger partial charge in [0.05, 0.1) is 6.54 Å². The van der Waals surface area contributed by atoms with Gasteiger partial charge < -0.3 is 5.32 Å². The monoisotopic (exact) mass is 233 g/mol. The molecular formula is C13H19N3O. The third-order valence-electron chi connectivity index (χ3n) is 2.39. The quantitative estimate of drug-likeness (QED) is 0.605. The third kappa shape index (κ3) is 5.15. The molecule has 0 saturated carbocycles. The first-order valence-electron chi connectivity index (χ1n) is 5.74. The molecule has 17 heavy (non-hydrogen) atoms. The van der Waals surface area contributed by atoms with Crippen molar-refractivity contribution >= 4 is 17.3 Å². The van der Waals surface area contributed by atoms with Crippen LogP contribution in [0.2, 0.25) is 0 Å². The van der Waals surface area contributed by atoms with Crippen LogP contribution in [-0.2, 0) is 4.79 Å². The highest BCUT2D eigenvalue weighted by molar-refractivity contribution is 5.85. The Hall–Kier alpha value is -1.84. The number of nitrogens with one attached hydrogen (secondary N) is 2. The lowest BCUT2D eigenvalue weighted by atomic mass is 10.2. The van der Waals surface area contributed by atoms with Gasteiger partial charge in [0.15, 0.2) is 0 Å². The Morgan fingerprint density at radius 2 is 1.94 bits per heavy atom. The molecule has 0 spiro atoms. The summed E-state index contributed by atoms with van der Waals surface area (Å²) in [5.74, 6) is -0.140. The fraction of sp³-hybridized carbons (Fsp3) is 0.385. The lowest BCUT2D eigenvalue weighted by Crippen LogP contribution is -2.26. The van der Waals surface area contributed by atoms with Gasteiger partial charge in [0, 0.05) is 11.4 Å². The van der Waals surface area contributed by atoms with Crippen LogP contribution in [0.15, 0.2) is 29.4 Å². The van der Waals surface area contributed by atoms with E-state index in [9.17, 15) is 4.79 Å². The Labute approximate surface area is 102 Å². The SMILES string of the molecule is CC/C(C)=N\NC(=O)CNc1ccc(C)cc1. The number of aryl methyl sites for hydroxylation is 1. The smallest absolute Gasteiger partial charge is 0.259 e. The van der Waals surface area contributed by atoms with E-state index >= 15 is 0 Å². The summed E-state index contributed by atoms with van der Waals surface area (Å²) in [5, 5.41) is 6.98. The van der Waals surface area contributed by atoms with E-state index in [1.165, 1.54) is 5.56 Å². The Kier molecular flexibility index (Phi) is 5.20. The summed E-state index contributed by atoms with van der Waals surface area (Å²) in [5.41, 5.74) is 5.54. The Morgan fingerprint density at radius 1 is 1.29 bits per heavy atom. The van der Waals surface area contributed by atoms with Gasteiger partial charge in [-0.3, -0.25) is 4.79 Å². The number of anilines is 1. The molecule has 4 heteroatoms. The van der Waals surface area contributed by atoms with Crippen molar-refractivity contribution in [2.45, 2.75) is 27.2 Å². The number of hydrazone groups is 1. The second-order valence-electron chi connectivity index (χ2n) is 3.96. The molecule has 0 radical (unpaired) electrons. The molecule has 0 fully saturated rings. The Morgan fingerprint density at radius 3 is 2.53 bits per heavy atom. The number of carbonyl (C=O) groups excluding carboxylic acids is 1. The highest BCUT2D eigenvalue weighted by Crippen LogP contribution is 2.07. The summed E-state index contributed by atoms with van der Waals surface area (Å²) in [6.07, 6.45) is 0.839. The number of carbonyl (C=O) groups is 1. The van der Waals surface area contributed by atoms with Crippen molar-refractivity contribution < 1.29 is 4.79 Å². The van der Waals surface area contributed by atoms with Crippen molar-refractivity contribution in [1.29, 1.82) is 0 Å². The van der Waals surface area contributed by atoms with Gasteiger partial charge >= 0.3 is 0 Å². The topological polar surface area (TPSA) is 53.5 Å². The first-order chi connectivity index (χ1) is 8.11. The summed E-state index contributed by atoms with van der Waals surface area (Å²) < 4.78 is 0. The molecule has 0 aliphatic rings. The molecule has 1 aromatic rings. The second-order valence-corrected chi connectivity index (χ2v) is 3.96. The van der Waals surface area contributed by atoms with Crippen molar-refractivity contribution in [2.24, 2.45) is 5.10 Å². The summed E-state index contributed by atoms with van der Waals surface area (Å²) in [4.78, 5) is 11.4. The van der Waals surface area contributed by atoms with Crippen molar-refractivity contribution in [3.63, 3.8) is 0 Å². The molecular weight excluding hydrogens is 214 g/mol. The average Bonchev–Trinajstić information content (AvgIpc) is 2.35. The van der Waals surface area contributed by atoms with Crippen molar-refractivity contribution in [2.75, 3.05) is 11.9 Å². The zero-order chi connectivity index (χ0) is 12.7. The maximum absolute atomic E-state index is 11.4. The summed E-state index contributed by atoms with van der Waals surface area (Å²) in [7, 11) is 0. The number of amides is 1. The van der Waals surface area contributed by atoms with Crippen molar-refractivity contribution in [3.8, 4) is 0 Å². The molecule has 1 rings (SSSR count). The zero-order valence-electron chi connectivity index (χ0n) is 10.6. The molecule has 0 atom stereocenters. The predicted molar refractivity (Wildman–Crippen MR) is 71.2 cm³/mol. The van der Waals surface area contributed by atoms with Gasteiger partial charge in [-0.05, 0) is 32.4 Å². The van der Waals surface area contributed by atoms with Gasteiger partial charge in [0.1, 0.15) is 0 Å².